The fourth-order valence-electron chi connectivity index (χ4n) is 3.05. The maximum Gasteiger partial charge on any atom is 0.0476 e. The second kappa shape index (κ2) is 4.19. The van der Waals surface area contributed by atoms with E-state index in [9.17, 15) is 0 Å². The molecule has 1 saturated heterocycles. The predicted molar refractivity (Wildman–Crippen MR) is 66.4 cm³/mol. The third-order valence-electron chi connectivity index (χ3n) is 3.89. The lowest BCUT2D eigenvalue weighted by Gasteiger charge is -2.33. The van der Waals surface area contributed by atoms with Gasteiger partial charge in [0, 0.05) is 19.1 Å². The average Bonchev–Trinajstić information content (AvgIpc) is 2.81. The molecule has 2 aliphatic rings. The van der Waals surface area contributed by atoms with E-state index in [0.29, 0.717) is 6.04 Å². The second-order valence-electron chi connectivity index (χ2n) is 5.09. The van der Waals surface area contributed by atoms with Crippen LogP contribution in [0.1, 0.15) is 35.6 Å². The maximum absolute atomic E-state index is 3.55. The lowest BCUT2D eigenvalue weighted by atomic mass is 9.94. The van der Waals surface area contributed by atoms with Gasteiger partial charge in [0.1, 0.15) is 0 Å². The van der Waals surface area contributed by atoms with Crippen molar-refractivity contribution in [1.82, 2.24) is 10.2 Å². The molecule has 1 aromatic carbocycles. The van der Waals surface area contributed by atoms with Crippen LogP contribution in [0.5, 0.6) is 0 Å². The van der Waals surface area contributed by atoms with Crippen LogP contribution in [-0.2, 0) is 6.54 Å². The van der Waals surface area contributed by atoms with Gasteiger partial charge in [-0.3, -0.25) is 4.90 Å². The summed E-state index contributed by atoms with van der Waals surface area (Å²) in [5, 5.41) is 3.55. The van der Waals surface area contributed by atoms with E-state index in [1.165, 1.54) is 37.1 Å². The quantitative estimate of drug-likeness (QED) is 0.774. The third kappa shape index (κ3) is 1.76. The van der Waals surface area contributed by atoms with E-state index < -0.39 is 0 Å². The van der Waals surface area contributed by atoms with Gasteiger partial charge >= 0.3 is 0 Å². The van der Waals surface area contributed by atoms with Crippen molar-refractivity contribution in [3.8, 4) is 0 Å². The van der Waals surface area contributed by atoms with Gasteiger partial charge in [-0.2, -0.15) is 0 Å². The lowest BCUT2D eigenvalue weighted by molar-refractivity contribution is 0.228. The van der Waals surface area contributed by atoms with E-state index in [-0.39, 0.29) is 0 Å². The summed E-state index contributed by atoms with van der Waals surface area (Å²) in [6.45, 7) is 6.90. The molecule has 0 spiro atoms. The van der Waals surface area contributed by atoms with E-state index in [1.807, 2.05) is 0 Å². The second-order valence-corrected chi connectivity index (χ2v) is 5.09. The van der Waals surface area contributed by atoms with Crippen LogP contribution in [0.3, 0.4) is 0 Å². The Morgan fingerprint density at radius 3 is 2.88 bits per heavy atom. The Kier molecular flexibility index (Phi) is 2.70. The van der Waals surface area contributed by atoms with Crippen LogP contribution >= 0.6 is 0 Å². The number of likely N-dealkylation sites (tertiary alicyclic amines) is 1. The van der Waals surface area contributed by atoms with Crippen molar-refractivity contribution >= 4 is 0 Å². The van der Waals surface area contributed by atoms with Gasteiger partial charge < -0.3 is 5.32 Å². The Morgan fingerprint density at radius 2 is 2.06 bits per heavy atom. The van der Waals surface area contributed by atoms with Crippen LogP contribution in [-0.4, -0.2) is 24.5 Å². The molecule has 0 saturated carbocycles. The summed E-state index contributed by atoms with van der Waals surface area (Å²) in [6.07, 6.45) is 2.75. The van der Waals surface area contributed by atoms with Crippen molar-refractivity contribution in [2.45, 2.75) is 32.4 Å². The summed E-state index contributed by atoms with van der Waals surface area (Å²) in [5.74, 6) is 0. The lowest BCUT2D eigenvalue weighted by Crippen LogP contribution is -2.38. The predicted octanol–water partition coefficient (Wildman–Crippen LogP) is 2.24. The molecule has 1 aromatic rings. The Hall–Kier alpha value is -0.860. The van der Waals surface area contributed by atoms with E-state index in [0.717, 1.165) is 13.1 Å². The van der Waals surface area contributed by atoms with Crippen molar-refractivity contribution in [3.05, 3.63) is 34.9 Å². The summed E-state index contributed by atoms with van der Waals surface area (Å²) in [4.78, 5) is 2.64. The molecule has 86 valence electrons. The van der Waals surface area contributed by atoms with Crippen molar-refractivity contribution in [2.24, 2.45) is 0 Å². The Labute approximate surface area is 97.6 Å². The minimum Gasteiger partial charge on any atom is -0.311 e. The van der Waals surface area contributed by atoms with E-state index >= 15 is 0 Å². The number of benzene rings is 1. The summed E-state index contributed by atoms with van der Waals surface area (Å²) < 4.78 is 0. The molecule has 2 heteroatoms. The SMILES string of the molecule is Cc1ccc2c(c1)CNC[C@@H]2N1CCCC1. The number of hydrogen-bond donors (Lipinski definition) is 1. The Bertz CT molecular complexity index is 380. The number of aryl methyl sites for hydroxylation is 1. The smallest absolute Gasteiger partial charge is 0.0476 e. The fraction of sp³-hybridized carbons (Fsp3) is 0.571. The number of fused-ring (bicyclic) bond motifs is 1. The third-order valence-corrected chi connectivity index (χ3v) is 3.89. The minimum atomic E-state index is 0.617. The molecule has 1 atom stereocenters. The highest BCUT2D eigenvalue weighted by Crippen LogP contribution is 2.30. The first-order chi connectivity index (χ1) is 7.84. The zero-order valence-corrected chi connectivity index (χ0v) is 10.00. The largest absolute Gasteiger partial charge is 0.311 e. The zero-order chi connectivity index (χ0) is 11.0. The molecule has 2 heterocycles. The standard InChI is InChI=1S/C14H20N2/c1-11-4-5-13-12(8-11)9-15-10-14(13)16-6-2-3-7-16/h4-5,8,14-15H,2-3,6-7,9-10H2,1H3/t14-/m0/s1. The molecular weight excluding hydrogens is 196 g/mol. The molecule has 2 aliphatic heterocycles. The van der Waals surface area contributed by atoms with Gasteiger partial charge in [0.15, 0.2) is 0 Å². The molecule has 0 aliphatic carbocycles. The van der Waals surface area contributed by atoms with Crippen LogP contribution in [0.2, 0.25) is 0 Å². The van der Waals surface area contributed by atoms with E-state index in [2.05, 4.69) is 35.3 Å². The first-order valence-corrected chi connectivity index (χ1v) is 6.39. The van der Waals surface area contributed by atoms with Crippen molar-refractivity contribution in [1.29, 1.82) is 0 Å². The molecule has 2 nitrogen and oxygen atoms in total. The van der Waals surface area contributed by atoms with Crippen LogP contribution in [0.25, 0.3) is 0 Å². The Morgan fingerprint density at radius 1 is 1.25 bits per heavy atom. The first kappa shape index (κ1) is 10.3. The topological polar surface area (TPSA) is 15.3 Å². The van der Waals surface area contributed by atoms with Gasteiger partial charge in [0.05, 0.1) is 0 Å². The van der Waals surface area contributed by atoms with Crippen LogP contribution < -0.4 is 5.32 Å². The fourth-order valence-corrected chi connectivity index (χ4v) is 3.05. The summed E-state index contributed by atoms with van der Waals surface area (Å²) in [6, 6.07) is 7.55. The molecule has 3 rings (SSSR count). The molecule has 1 fully saturated rings. The van der Waals surface area contributed by atoms with Crippen LogP contribution in [0.15, 0.2) is 18.2 Å². The Balaban J connectivity index is 1.93. The summed E-state index contributed by atoms with van der Waals surface area (Å²) >= 11 is 0. The van der Waals surface area contributed by atoms with Gasteiger partial charge in [-0.25, -0.2) is 0 Å². The molecule has 0 aromatic heterocycles. The number of hydrogen-bond acceptors (Lipinski definition) is 2. The van der Waals surface area contributed by atoms with Crippen LogP contribution in [0.4, 0.5) is 0 Å². The van der Waals surface area contributed by atoms with Gasteiger partial charge in [0.2, 0.25) is 0 Å². The highest BCUT2D eigenvalue weighted by Gasteiger charge is 2.27. The summed E-state index contributed by atoms with van der Waals surface area (Å²) in [5.41, 5.74) is 4.44. The summed E-state index contributed by atoms with van der Waals surface area (Å²) in [7, 11) is 0. The molecule has 0 radical (unpaired) electrons. The number of nitrogens with zero attached hydrogens (tertiary/aromatic N) is 1. The molecular formula is C14H20N2. The molecule has 16 heavy (non-hydrogen) atoms. The molecule has 0 unspecified atom stereocenters. The number of nitrogens with one attached hydrogen (secondary N) is 1. The monoisotopic (exact) mass is 216 g/mol. The van der Waals surface area contributed by atoms with E-state index in [4.69, 9.17) is 0 Å². The minimum absolute atomic E-state index is 0.617. The van der Waals surface area contributed by atoms with E-state index in [1.54, 1.807) is 5.56 Å². The van der Waals surface area contributed by atoms with Gasteiger partial charge in [-0.15, -0.1) is 0 Å². The molecule has 0 bridgehead atoms. The highest BCUT2D eigenvalue weighted by molar-refractivity contribution is 5.35. The van der Waals surface area contributed by atoms with Gasteiger partial charge in [0.25, 0.3) is 0 Å². The molecule has 0 amide bonds. The first-order valence-electron chi connectivity index (χ1n) is 6.39. The zero-order valence-electron chi connectivity index (χ0n) is 10.00. The van der Waals surface area contributed by atoms with Crippen LogP contribution in [0, 0.1) is 6.92 Å². The van der Waals surface area contributed by atoms with Crippen molar-refractivity contribution in [2.75, 3.05) is 19.6 Å². The van der Waals surface area contributed by atoms with Crippen molar-refractivity contribution in [3.63, 3.8) is 0 Å². The number of rotatable bonds is 1. The molecule has 1 N–H and O–H groups in total. The van der Waals surface area contributed by atoms with Gasteiger partial charge in [-0.1, -0.05) is 23.8 Å². The maximum atomic E-state index is 3.55. The normalized spacial score (nSPS) is 25.7. The highest BCUT2D eigenvalue weighted by atomic mass is 15.2. The average molecular weight is 216 g/mol. The van der Waals surface area contributed by atoms with Gasteiger partial charge in [-0.05, 0) is 44.0 Å². The van der Waals surface area contributed by atoms with Crippen molar-refractivity contribution < 1.29 is 0 Å².